The second-order valence-electron chi connectivity index (χ2n) is 4.39. The Bertz CT molecular complexity index is 508. The van der Waals surface area contributed by atoms with Gasteiger partial charge >= 0.3 is 0 Å². The number of benzene rings is 2. The fourth-order valence-electron chi connectivity index (χ4n) is 1.94. The Kier molecular flexibility index (Phi) is 4.80. The van der Waals surface area contributed by atoms with Crippen LogP contribution in [-0.2, 0) is 6.54 Å². The van der Waals surface area contributed by atoms with Crippen LogP contribution in [0, 0.1) is 0 Å². The lowest BCUT2D eigenvalue weighted by molar-refractivity contribution is 0.675. The third-order valence-electron chi connectivity index (χ3n) is 2.84. The predicted molar refractivity (Wildman–Crippen MR) is 78.9 cm³/mol. The molecule has 0 saturated heterocycles. The first kappa shape index (κ1) is 13.1. The number of hydrogen-bond acceptors (Lipinski definition) is 1. The summed E-state index contributed by atoms with van der Waals surface area (Å²) in [6, 6.07) is 16.6. The van der Waals surface area contributed by atoms with E-state index in [1.54, 1.807) is 0 Å². The van der Waals surface area contributed by atoms with Gasteiger partial charge in [-0.05, 0) is 47.9 Å². The maximum atomic E-state index is 6.02. The third kappa shape index (κ3) is 3.59. The van der Waals surface area contributed by atoms with Crippen molar-refractivity contribution in [2.45, 2.75) is 19.9 Å². The Balaban J connectivity index is 2.16. The average Bonchev–Trinajstić information content (AvgIpc) is 2.39. The zero-order chi connectivity index (χ0) is 12.8. The molecule has 94 valence electrons. The summed E-state index contributed by atoms with van der Waals surface area (Å²) in [6.07, 6.45) is 1.16. The van der Waals surface area contributed by atoms with Gasteiger partial charge in [-0.3, -0.25) is 0 Å². The molecule has 0 atom stereocenters. The molecule has 0 aliphatic carbocycles. The minimum atomic E-state index is 0.780. The Hall–Kier alpha value is -1.31. The van der Waals surface area contributed by atoms with Crippen LogP contribution < -0.4 is 5.32 Å². The monoisotopic (exact) mass is 259 g/mol. The van der Waals surface area contributed by atoms with Crippen molar-refractivity contribution in [2.24, 2.45) is 0 Å². The molecule has 0 aromatic heterocycles. The van der Waals surface area contributed by atoms with Crippen LogP contribution in [0.25, 0.3) is 11.1 Å². The molecule has 0 aliphatic rings. The first-order valence-electron chi connectivity index (χ1n) is 6.35. The van der Waals surface area contributed by atoms with Crippen molar-refractivity contribution in [1.82, 2.24) is 5.32 Å². The Morgan fingerprint density at radius 1 is 1.00 bits per heavy atom. The molecule has 0 fully saturated rings. The molecule has 18 heavy (non-hydrogen) atoms. The Morgan fingerprint density at radius 2 is 1.72 bits per heavy atom. The van der Waals surface area contributed by atoms with Crippen molar-refractivity contribution < 1.29 is 0 Å². The molecule has 0 spiro atoms. The lowest BCUT2D eigenvalue weighted by Gasteiger charge is -2.07. The van der Waals surface area contributed by atoms with Gasteiger partial charge in [-0.15, -0.1) is 0 Å². The van der Waals surface area contributed by atoms with Crippen LogP contribution in [0.1, 0.15) is 18.9 Å². The minimum Gasteiger partial charge on any atom is -0.313 e. The maximum absolute atomic E-state index is 6.02. The van der Waals surface area contributed by atoms with E-state index in [1.165, 1.54) is 16.7 Å². The van der Waals surface area contributed by atoms with E-state index < -0.39 is 0 Å². The molecular weight excluding hydrogens is 242 g/mol. The van der Waals surface area contributed by atoms with Crippen molar-refractivity contribution in [1.29, 1.82) is 0 Å². The SMILES string of the molecule is CCCNCc1cccc(-c2cccc(Cl)c2)c1. The smallest absolute Gasteiger partial charge is 0.0412 e. The molecule has 0 heterocycles. The molecule has 1 N–H and O–H groups in total. The molecule has 0 amide bonds. The van der Waals surface area contributed by atoms with Gasteiger partial charge in [-0.2, -0.15) is 0 Å². The van der Waals surface area contributed by atoms with E-state index in [2.05, 4.69) is 42.6 Å². The molecule has 2 aromatic carbocycles. The van der Waals surface area contributed by atoms with Gasteiger partial charge in [0.1, 0.15) is 0 Å². The van der Waals surface area contributed by atoms with Crippen LogP contribution in [0.2, 0.25) is 5.02 Å². The van der Waals surface area contributed by atoms with E-state index >= 15 is 0 Å². The van der Waals surface area contributed by atoms with Gasteiger partial charge in [0.2, 0.25) is 0 Å². The third-order valence-corrected chi connectivity index (χ3v) is 3.08. The number of hydrogen-bond donors (Lipinski definition) is 1. The summed E-state index contributed by atoms with van der Waals surface area (Å²) in [7, 11) is 0. The number of rotatable bonds is 5. The van der Waals surface area contributed by atoms with Crippen LogP contribution in [0.4, 0.5) is 0 Å². The number of halogens is 1. The summed E-state index contributed by atoms with van der Waals surface area (Å²) in [4.78, 5) is 0. The topological polar surface area (TPSA) is 12.0 Å². The lowest BCUT2D eigenvalue weighted by Crippen LogP contribution is -2.13. The molecule has 0 aliphatic heterocycles. The molecule has 0 saturated carbocycles. The molecule has 2 aromatic rings. The highest BCUT2D eigenvalue weighted by Gasteiger charge is 2.00. The average molecular weight is 260 g/mol. The van der Waals surface area contributed by atoms with Gasteiger partial charge in [-0.25, -0.2) is 0 Å². The lowest BCUT2D eigenvalue weighted by atomic mass is 10.0. The summed E-state index contributed by atoms with van der Waals surface area (Å²) in [5.41, 5.74) is 3.69. The summed E-state index contributed by atoms with van der Waals surface area (Å²) in [5.74, 6) is 0. The number of nitrogens with one attached hydrogen (secondary N) is 1. The van der Waals surface area contributed by atoms with Gasteiger partial charge in [0.15, 0.2) is 0 Å². The zero-order valence-corrected chi connectivity index (χ0v) is 11.4. The largest absolute Gasteiger partial charge is 0.313 e. The molecule has 1 nitrogen and oxygen atoms in total. The Labute approximate surface area is 114 Å². The van der Waals surface area contributed by atoms with E-state index in [-0.39, 0.29) is 0 Å². The van der Waals surface area contributed by atoms with Crippen LogP contribution in [0.3, 0.4) is 0 Å². The first-order valence-corrected chi connectivity index (χ1v) is 6.73. The molecule has 0 radical (unpaired) electrons. The first-order chi connectivity index (χ1) is 8.79. The molecule has 0 unspecified atom stereocenters. The second-order valence-corrected chi connectivity index (χ2v) is 4.82. The highest BCUT2D eigenvalue weighted by Crippen LogP contribution is 2.23. The van der Waals surface area contributed by atoms with Gasteiger partial charge in [0.25, 0.3) is 0 Å². The summed E-state index contributed by atoms with van der Waals surface area (Å²) in [6.45, 7) is 4.15. The van der Waals surface area contributed by atoms with Crippen molar-refractivity contribution in [3.8, 4) is 11.1 Å². The predicted octanol–water partition coefficient (Wildman–Crippen LogP) is 4.51. The molecule has 2 rings (SSSR count). The van der Waals surface area contributed by atoms with Gasteiger partial charge in [-0.1, -0.05) is 48.9 Å². The van der Waals surface area contributed by atoms with E-state index in [1.807, 2.05) is 18.2 Å². The van der Waals surface area contributed by atoms with Crippen molar-refractivity contribution in [3.63, 3.8) is 0 Å². The van der Waals surface area contributed by atoms with Gasteiger partial charge in [0, 0.05) is 11.6 Å². The van der Waals surface area contributed by atoms with E-state index in [9.17, 15) is 0 Å². The van der Waals surface area contributed by atoms with E-state index in [0.29, 0.717) is 0 Å². The standard InChI is InChI=1S/C16H18ClN/c1-2-9-18-12-13-5-3-6-14(10-13)15-7-4-8-16(17)11-15/h3-8,10-11,18H,2,9,12H2,1H3. The van der Waals surface area contributed by atoms with Gasteiger partial charge in [0.05, 0.1) is 0 Å². The van der Waals surface area contributed by atoms with Crippen LogP contribution in [0.15, 0.2) is 48.5 Å². The quantitative estimate of drug-likeness (QED) is 0.780. The van der Waals surface area contributed by atoms with Crippen LogP contribution in [0.5, 0.6) is 0 Å². The summed E-state index contributed by atoms with van der Waals surface area (Å²) >= 11 is 6.02. The van der Waals surface area contributed by atoms with Crippen LogP contribution >= 0.6 is 11.6 Å². The van der Waals surface area contributed by atoms with Crippen molar-refractivity contribution in [3.05, 3.63) is 59.1 Å². The van der Waals surface area contributed by atoms with Crippen molar-refractivity contribution >= 4 is 11.6 Å². The van der Waals surface area contributed by atoms with Crippen LogP contribution in [-0.4, -0.2) is 6.54 Å². The molecular formula is C16H18ClN. The highest BCUT2D eigenvalue weighted by molar-refractivity contribution is 6.30. The zero-order valence-electron chi connectivity index (χ0n) is 10.6. The second kappa shape index (κ2) is 6.58. The summed E-state index contributed by atoms with van der Waals surface area (Å²) in [5, 5.41) is 4.19. The molecule has 0 bridgehead atoms. The van der Waals surface area contributed by atoms with E-state index in [4.69, 9.17) is 11.6 Å². The highest BCUT2D eigenvalue weighted by atomic mass is 35.5. The van der Waals surface area contributed by atoms with E-state index in [0.717, 1.165) is 24.5 Å². The summed E-state index contributed by atoms with van der Waals surface area (Å²) < 4.78 is 0. The Morgan fingerprint density at radius 3 is 2.44 bits per heavy atom. The van der Waals surface area contributed by atoms with Gasteiger partial charge < -0.3 is 5.32 Å². The fraction of sp³-hybridized carbons (Fsp3) is 0.250. The minimum absolute atomic E-state index is 0.780. The fourth-order valence-corrected chi connectivity index (χ4v) is 2.13. The normalized spacial score (nSPS) is 10.6. The maximum Gasteiger partial charge on any atom is 0.0412 e. The van der Waals surface area contributed by atoms with Crippen molar-refractivity contribution in [2.75, 3.05) is 6.54 Å². The molecule has 2 heteroatoms.